The summed E-state index contributed by atoms with van der Waals surface area (Å²) >= 11 is 0. The van der Waals surface area contributed by atoms with Crippen LogP contribution in [-0.4, -0.2) is 10.7 Å². The van der Waals surface area contributed by atoms with E-state index in [2.05, 4.69) is 13.5 Å². The fourth-order valence-electron chi connectivity index (χ4n) is 2.09. The highest BCUT2D eigenvalue weighted by Gasteiger charge is 2.33. The third kappa shape index (κ3) is 2.57. The van der Waals surface area contributed by atoms with Crippen LogP contribution in [-0.2, 0) is 0 Å². The van der Waals surface area contributed by atoms with Crippen LogP contribution < -0.4 is 0 Å². The van der Waals surface area contributed by atoms with Crippen molar-refractivity contribution in [2.24, 2.45) is 17.8 Å². The molecular formula is C12H22O. The average molecular weight is 182 g/mol. The van der Waals surface area contributed by atoms with Crippen molar-refractivity contribution in [3.63, 3.8) is 0 Å². The van der Waals surface area contributed by atoms with Crippen molar-refractivity contribution in [2.45, 2.75) is 45.6 Å². The molecule has 13 heavy (non-hydrogen) atoms. The second-order valence-corrected chi connectivity index (χ2v) is 5.05. The number of aliphatic hydroxyl groups is 1. The van der Waals surface area contributed by atoms with E-state index >= 15 is 0 Å². The minimum atomic E-state index is -0.600. The molecule has 0 spiro atoms. The molecule has 0 heterocycles. The van der Waals surface area contributed by atoms with E-state index in [-0.39, 0.29) is 5.92 Å². The van der Waals surface area contributed by atoms with E-state index in [0.29, 0.717) is 0 Å². The van der Waals surface area contributed by atoms with Gasteiger partial charge in [0.1, 0.15) is 0 Å². The molecule has 1 rings (SSSR count). The normalized spacial score (nSPS) is 30.8. The smallest absolute Gasteiger partial charge is 0.0654 e. The SMILES string of the molecule is C=CC(CC1CCC1C)C(C)(C)O. The summed E-state index contributed by atoms with van der Waals surface area (Å²) in [7, 11) is 0. The van der Waals surface area contributed by atoms with Gasteiger partial charge in [-0.1, -0.05) is 19.4 Å². The number of hydrogen-bond acceptors (Lipinski definition) is 1. The Labute approximate surface area is 81.9 Å². The van der Waals surface area contributed by atoms with Crippen molar-refractivity contribution in [1.29, 1.82) is 0 Å². The van der Waals surface area contributed by atoms with Crippen molar-refractivity contribution >= 4 is 0 Å². The Kier molecular flexibility index (Phi) is 3.18. The lowest BCUT2D eigenvalue weighted by Crippen LogP contribution is -2.34. The van der Waals surface area contributed by atoms with Crippen LogP contribution in [0.2, 0.25) is 0 Å². The van der Waals surface area contributed by atoms with Crippen LogP contribution in [0.5, 0.6) is 0 Å². The molecule has 1 fully saturated rings. The summed E-state index contributed by atoms with van der Waals surface area (Å²) in [6, 6.07) is 0. The quantitative estimate of drug-likeness (QED) is 0.663. The van der Waals surface area contributed by atoms with Crippen molar-refractivity contribution in [1.82, 2.24) is 0 Å². The molecule has 0 aromatic rings. The molecule has 0 radical (unpaired) electrons. The first-order valence-corrected chi connectivity index (χ1v) is 5.30. The van der Waals surface area contributed by atoms with Crippen molar-refractivity contribution in [3.8, 4) is 0 Å². The number of hydrogen-bond donors (Lipinski definition) is 1. The second kappa shape index (κ2) is 3.83. The maximum Gasteiger partial charge on any atom is 0.0654 e. The molecule has 1 N–H and O–H groups in total. The van der Waals surface area contributed by atoms with Gasteiger partial charge in [0.25, 0.3) is 0 Å². The van der Waals surface area contributed by atoms with Gasteiger partial charge in [0, 0.05) is 5.92 Å². The summed E-state index contributed by atoms with van der Waals surface area (Å²) in [5.74, 6) is 1.92. The molecule has 1 nitrogen and oxygen atoms in total. The van der Waals surface area contributed by atoms with Crippen LogP contribution in [0.15, 0.2) is 12.7 Å². The molecule has 3 unspecified atom stereocenters. The van der Waals surface area contributed by atoms with Gasteiger partial charge >= 0.3 is 0 Å². The Morgan fingerprint density at radius 1 is 1.54 bits per heavy atom. The molecule has 3 atom stereocenters. The highest BCUT2D eigenvalue weighted by atomic mass is 16.3. The molecule has 0 aromatic heterocycles. The Morgan fingerprint density at radius 2 is 2.15 bits per heavy atom. The number of rotatable bonds is 4. The highest BCUT2D eigenvalue weighted by molar-refractivity contribution is 4.94. The molecule has 1 heteroatoms. The van der Waals surface area contributed by atoms with Crippen LogP contribution in [0, 0.1) is 17.8 Å². The van der Waals surface area contributed by atoms with Gasteiger partial charge in [-0.3, -0.25) is 0 Å². The summed E-state index contributed by atoms with van der Waals surface area (Å²) < 4.78 is 0. The standard InChI is InChI=1S/C12H22O/c1-5-11(12(3,4)13)8-10-7-6-9(10)2/h5,9-11,13H,1,6-8H2,2-4H3. The first-order chi connectivity index (χ1) is 5.95. The van der Waals surface area contributed by atoms with Gasteiger partial charge in [0.2, 0.25) is 0 Å². The third-order valence-corrected chi connectivity index (χ3v) is 3.55. The molecule has 76 valence electrons. The third-order valence-electron chi connectivity index (χ3n) is 3.55. The first kappa shape index (κ1) is 10.8. The monoisotopic (exact) mass is 182 g/mol. The largest absolute Gasteiger partial charge is 0.390 e. The lowest BCUT2D eigenvalue weighted by molar-refractivity contribution is 0.0133. The van der Waals surface area contributed by atoms with Gasteiger partial charge in [-0.2, -0.15) is 0 Å². The van der Waals surface area contributed by atoms with E-state index < -0.39 is 5.60 Å². The van der Waals surface area contributed by atoms with Crippen molar-refractivity contribution in [3.05, 3.63) is 12.7 Å². The topological polar surface area (TPSA) is 20.2 Å². The fraction of sp³-hybridized carbons (Fsp3) is 0.833. The molecule has 0 bridgehead atoms. The van der Waals surface area contributed by atoms with Crippen LogP contribution >= 0.6 is 0 Å². The zero-order chi connectivity index (χ0) is 10.1. The van der Waals surface area contributed by atoms with E-state index in [4.69, 9.17) is 0 Å². The van der Waals surface area contributed by atoms with Gasteiger partial charge in [-0.05, 0) is 38.5 Å². The minimum absolute atomic E-state index is 0.250. The fourth-order valence-corrected chi connectivity index (χ4v) is 2.09. The molecule has 0 aromatic carbocycles. The summed E-state index contributed by atoms with van der Waals surface area (Å²) in [5.41, 5.74) is -0.600. The molecule has 1 aliphatic carbocycles. The van der Waals surface area contributed by atoms with Crippen LogP contribution in [0.3, 0.4) is 0 Å². The van der Waals surface area contributed by atoms with Crippen LogP contribution in [0.1, 0.15) is 40.0 Å². The molecule has 1 saturated carbocycles. The van der Waals surface area contributed by atoms with E-state index in [1.807, 2.05) is 19.9 Å². The zero-order valence-electron chi connectivity index (χ0n) is 9.09. The summed E-state index contributed by atoms with van der Waals surface area (Å²) in [5, 5.41) is 9.86. The Balaban J connectivity index is 2.44. The van der Waals surface area contributed by atoms with Crippen LogP contribution in [0.4, 0.5) is 0 Å². The molecular weight excluding hydrogens is 160 g/mol. The zero-order valence-corrected chi connectivity index (χ0v) is 9.09. The van der Waals surface area contributed by atoms with Gasteiger partial charge < -0.3 is 5.11 Å². The average Bonchev–Trinajstić information content (AvgIpc) is 2.00. The lowest BCUT2D eigenvalue weighted by atomic mass is 9.68. The van der Waals surface area contributed by atoms with Crippen molar-refractivity contribution < 1.29 is 5.11 Å². The predicted octanol–water partition coefficient (Wildman–Crippen LogP) is 3.00. The molecule has 0 amide bonds. The van der Waals surface area contributed by atoms with Gasteiger partial charge in [0.05, 0.1) is 5.60 Å². The molecule has 1 aliphatic rings. The summed E-state index contributed by atoms with van der Waals surface area (Å²) in [6.07, 6.45) is 5.71. The maximum atomic E-state index is 9.86. The van der Waals surface area contributed by atoms with E-state index in [1.165, 1.54) is 12.8 Å². The lowest BCUT2D eigenvalue weighted by Gasteiger charge is -2.38. The molecule has 0 aliphatic heterocycles. The maximum absolute atomic E-state index is 9.86. The minimum Gasteiger partial charge on any atom is -0.390 e. The summed E-state index contributed by atoms with van der Waals surface area (Å²) in [4.78, 5) is 0. The van der Waals surface area contributed by atoms with E-state index in [9.17, 15) is 5.11 Å². The molecule has 0 saturated heterocycles. The van der Waals surface area contributed by atoms with Crippen LogP contribution in [0.25, 0.3) is 0 Å². The van der Waals surface area contributed by atoms with Gasteiger partial charge in [-0.25, -0.2) is 0 Å². The van der Waals surface area contributed by atoms with E-state index in [0.717, 1.165) is 18.3 Å². The van der Waals surface area contributed by atoms with Crippen molar-refractivity contribution in [2.75, 3.05) is 0 Å². The van der Waals surface area contributed by atoms with Gasteiger partial charge in [0.15, 0.2) is 0 Å². The summed E-state index contributed by atoms with van der Waals surface area (Å²) in [6.45, 7) is 9.86. The Bertz CT molecular complexity index is 178. The van der Waals surface area contributed by atoms with E-state index in [1.54, 1.807) is 0 Å². The first-order valence-electron chi connectivity index (χ1n) is 5.30. The predicted molar refractivity (Wildman–Crippen MR) is 56.5 cm³/mol. The Hall–Kier alpha value is -0.300. The highest BCUT2D eigenvalue weighted by Crippen LogP contribution is 2.40. The Morgan fingerprint density at radius 3 is 2.38 bits per heavy atom. The second-order valence-electron chi connectivity index (χ2n) is 5.05. The van der Waals surface area contributed by atoms with Gasteiger partial charge in [-0.15, -0.1) is 6.58 Å².